The third-order valence-corrected chi connectivity index (χ3v) is 13.1. The molecule has 23 heteroatoms. The van der Waals surface area contributed by atoms with Crippen molar-refractivity contribution in [3.63, 3.8) is 0 Å². The molecule has 6 aromatic rings. The molecule has 328 valence electrons. The SMILES string of the molecule is C.CC(C)S(=O)(=O)c1ccccc1Nc1nc(Cl)ncc1Cl.CC(C)S(=O)(=O)c1ccccc1Nc1nc(Nc2cccc([N+](=O)[O-])c2)ncc1Cl.Nc1cccc([N+](=O)[O-])c1. The molecule has 0 saturated carbocycles. The Kier molecular flexibility index (Phi) is 17.9. The lowest BCUT2D eigenvalue weighted by Crippen LogP contribution is -2.15. The molecular formula is C39H41Cl3N10O8S2. The normalized spacial score (nSPS) is 10.9. The second kappa shape index (κ2) is 22.1. The zero-order chi connectivity index (χ0) is 45.1. The Hall–Kier alpha value is -6.19. The molecule has 0 aliphatic rings. The molecule has 2 aromatic heterocycles. The number of nitrogens with one attached hydrogen (secondary N) is 3. The first-order valence-electron chi connectivity index (χ1n) is 17.6. The summed E-state index contributed by atoms with van der Waals surface area (Å²) in [5.41, 5.74) is 6.78. The number of non-ortho nitro benzene ring substituents is 2. The highest BCUT2D eigenvalue weighted by Crippen LogP contribution is 2.32. The summed E-state index contributed by atoms with van der Waals surface area (Å²) < 4.78 is 50.0. The van der Waals surface area contributed by atoms with Crippen LogP contribution in [-0.2, 0) is 19.7 Å². The van der Waals surface area contributed by atoms with Crippen LogP contribution in [0.2, 0.25) is 15.3 Å². The van der Waals surface area contributed by atoms with Crippen molar-refractivity contribution < 1.29 is 26.7 Å². The van der Waals surface area contributed by atoms with E-state index in [0.717, 1.165) is 0 Å². The van der Waals surface area contributed by atoms with E-state index in [2.05, 4.69) is 35.9 Å². The summed E-state index contributed by atoms with van der Waals surface area (Å²) in [6.45, 7) is 6.46. The van der Waals surface area contributed by atoms with Crippen molar-refractivity contribution in [2.24, 2.45) is 0 Å². The van der Waals surface area contributed by atoms with E-state index in [-0.39, 0.29) is 61.5 Å². The summed E-state index contributed by atoms with van der Waals surface area (Å²) in [5.74, 6) is 0.570. The molecule has 18 nitrogen and oxygen atoms in total. The molecule has 6 rings (SSSR count). The van der Waals surface area contributed by atoms with Gasteiger partial charge in [0, 0.05) is 35.6 Å². The van der Waals surface area contributed by atoms with Crippen molar-refractivity contribution in [1.29, 1.82) is 0 Å². The van der Waals surface area contributed by atoms with Crippen LogP contribution >= 0.6 is 34.8 Å². The number of halogens is 3. The second-order valence-corrected chi connectivity index (χ2v) is 19.0. The summed E-state index contributed by atoms with van der Waals surface area (Å²) in [6.07, 6.45) is 2.69. The van der Waals surface area contributed by atoms with Gasteiger partial charge < -0.3 is 21.7 Å². The first-order valence-corrected chi connectivity index (χ1v) is 21.8. The standard InChI is InChI=1S/C19H18ClN5O4S.C13H13Cl2N3O2S.C6H6N2O2.CH4/c1-12(2)30(28,29)17-9-4-3-8-16(17)23-18-15(20)11-21-19(24-18)22-13-6-5-7-14(10-13)25(26)27;1-8(2)21(19,20)11-6-4-3-5-10(11)17-12-9(14)7-16-13(15)18-12;7-5-2-1-3-6(4-5)8(9)10;/h3-12H,1-2H3,(H2,21,22,23,24);3-8H,1-2H3,(H,16,17,18);1-4H,7H2;1H4. The zero-order valence-electron chi connectivity index (χ0n) is 32.5. The minimum Gasteiger partial charge on any atom is -0.399 e. The third kappa shape index (κ3) is 13.4. The molecule has 0 radical (unpaired) electrons. The Labute approximate surface area is 373 Å². The van der Waals surface area contributed by atoms with Gasteiger partial charge in [0.1, 0.15) is 10.0 Å². The van der Waals surface area contributed by atoms with Gasteiger partial charge in [-0.05, 0) is 75.7 Å². The van der Waals surface area contributed by atoms with Gasteiger partial charge in [0.25, 0.3) is 11.4 Å². The summed E-state index contributed by atoms with van der Waals surface area (Å²) >= 11 is 17.9. The second-order valence-electron chi connectivity index (χ2n) is 12.9. The molecule has 0 spiro atoms. The van der Waals surface area contributed by atoms with Gasteiger partial charge in [-0.3, -0.25) is 20.2 Å². The molecular weight excluding hydrogens is 907 g/mol. The van der Waals surface area contributed by atoms with Gasteiger partial charge in [0.05, 0.1) is 53.9 Å². The zero-order valence-corrected chi connectivity index (χ0v) is 36.4. The highest BCUT2D eigenvalue weighted by molar-refractivity contribution is 7.92. The van der Waals surface area contributed by atoms with Crippen LogP contribution in [0.4, 0.5) is 51.7 Å². The Bertz CT molecular complexity index is 2770. The summed E-state index contributed by atoms with van der Waals surface area (Å²) in [6, 6.07) is 24.8. The van der Waals surface area contributed by atoms with E-state index in [9.17, 15) is 37.1 Å². The molecule has 0 fully saturated rings. The number of hydrogen-bond acceptors (Lipinski definition) is 16. The number of nitrogens with zero attached hydrogens (tertiary/aromatic N) is 6. The van der Waals surface area contributed by atoms with Crippen LogP contribution in [0.1, 0.15) is 35.1 Å². The van der Waals surface area contributed by atoms with Crippen LogP contribution in [0.25, 0.3) is 0 Å². The van der Waals surface area contributed by atoms with Crippen molar-refractivity contribution in [3.8, 4) is 0 Å². The van der Waals surface area contributed by atoms with Gasteiger partial charge in [-0.15, -0.1) is 0 Å². The highest BCUT2D eigenvalue weighted by Gasteiger charge is 2.24. The van der Waals surface area contributed by atoms with Crippen LogP contribution < -0.4 is 21.7 Å². The van der Waals surface area contributed by atoms with Crippen LogP contribution in [0.5, 0.6) is 0 Å². The number of para-hydroxylation sites is 2. The van der Waals surface area contributed by atoms with Gasteiger partial charge in [-0.1, -0.05) is 67.0 Å². The predicted octanol–water partition coefficient (Wildman–Crippen LogP) is 10.2. The van der Waals surface area contributed by atoms with Crippen molar-refractivity contribution >= 4 is 106 Å². The van der Waals surface area contributed by atoms with Crippen LogP contribution in [0, 0.1) is 20.2 Å². The van der Waals surface area contributed by atoms with Gasteiger partial charge in [0.2, 0.25) is 11.2 Å². The number of anilines is 7. The molecule has 62 heavy (non-hydrogen) atoms. The van der Waals surface area contributed by atoms with Gasteiger partial charge >= 0.3 is 0 Å². The first kappa shape index (κ1) is 50.2. The Morgan fingerprint density at radius 2 is 1.06 bits per heavy atom. The first-order chi connectivity index (χ1) is 28.7. The number of hydrogen-bond donors (Lipinski definition) is 4. The predicted molar refractivity (Wildman–Crippen MR) is 244 cm³/mol. The van der Waals surface area contributed by atoms with Gasteiger partial charge in [-0.25, -0.2) is 26.8 Å². The Morgan fingerprint density at radius 1 is 0.613 bits per heavy atom. The number of nitro benzene ring substituents is 2. The van der Waals surface area contributed by atoms with E-state index in [4.69, 9.17) is 40.5 Å². The maximum Gasteiger partial charge on any atom is 0.271 e. The maximum atomic E-state index is 12.6. The lowest BCUT2D eigenvalue weighted by molar-refractivity contribution is -0.385. The summed E-state index contributed by atoms with van der Waals surface area (Å²) in [7, 11) is -6.97. The maximum absolute atomic E-state index is 12.6. The van der Waals surface area contributed by atoms with E-state index in [1.807, 2.05) is 0 Å². The minimum absolute atomic E-state index is 0. The molecule has 0 aliphatic heterocycles. The highest BCUT2D eigenvalue weighted by atomic mass is 35.5. The fourth-order valence-electron chi connectivity index (χ4n) is 4.81. The average Bonchev–Trinajstić information content (AvgIpc) is 3.21. The molecule has 0 unspecified atom stereocenters. The third-order valence-electron chi connectivity index (χ3n) is 7.99. The molecule has 0 aliphatic carbocycles. The van der Waals surface area contributed by atoms with Crippen molar-refractivity contribution in [3.05, 3.63) is 145 Å². The van der Waals surface area contributed by atoms with Crippen LogP contribution in [-0.4, -0.2) is 57.1 Å². The molecule has 5 N–H and O–H groups in total. The van der Waals surface area contributed by atoms with Crippen molar-refractivity contribution in [2.45, 2.75) is 55.4 Å². The molecule has 2 heterocycles. The fraction of sp³-hybridized carbons (Fsp3) is 0.179. The Balaban J connectivity index is 0.000000277. The average molecular weight is 948 g/mol. The van der Waals surface area contributed by atoms with E-state index in [0.29, 0.717) is 22.7 Å². The number of nitrogens with two attached hydrogens (primary N) is 1. The van der Waals surface area contributed by atoms with Gasteiger partial charge in [-0.2, -0.15) is 9.97 Å². The number of nitro groups is 2. The van der Waals surface area contributed by atoms with Gasteiger partial charge in [0.15, 0.2) is 31.3 Å². The summed E-state index contributed by atoms with van der Waals surface area (Å²) in [4.78, 5) is 36.4. The number of benzene rings is 4. The van der Waals surface area contributed by atoms with E-state index in [1.165, 1.54) is 54.9 Å². The van der Waals surface area contributed by atoms with Crippen LogP contribution in [0.15, 0.2) is 119 Å². The molecule has 0 atom stereocenters. The quantitative estimate of drug-likeness (QED) is 0.0384. The van der Waals surface area contributed by atoms with E-state index < -0.39 is 40.0 Å². The van der Waals surface area contributed by atoms with Crippen molar-refractivity contribution in [2.75, 3.05) is 21.7 Å². The summed E-state index contributed by atoms with van der Waals surface area (Å²) in [5, 5.41) is 29.1. The fourth-order valence-corrected chi connectivity index (χ4v) is 7.63. The number of aromatic nitrogens is 4. The number of rotatable bonds is 12. The minimum atomic E-state index is -3.54. The van der Waals surface area contributed by atoms with Crippen LogP contribution in [0.3, 0.4) is 0 Å². The van der Waals surface area contributed by atoms with E-state index >= 15 is 0 Å². The number of nitrogen functional groups attached to an aromatic ring is 1. The molecule has 4 aromatic carbocycles. The molecule has 0 amide bonds. The molecule has 0 bridgehead atoms. The topological polar surface area (TPSA) is 268 Å². The monoisotopic (exact) mass is 946 g/mol. The van der Waals surface area contributed by atoms with E-state index in [1.54, 1.807) is 82.3 Å². The lowest BCUT2D eigenvalue weighted by atomic mass is 10.3. The van der Waals surface area contributed by atoms with Crippen molar-refractivity contribution in [1.82, 2.24) is 19.9 Å². The lowest BCUT2D eigenvalue weighted by Gasteiger charge is -2.15. The number of sulfone groups is 2. The molecule has 0 saturated heterocycles. The largest absolute Gasteiger partial charge is 0.399 e. The smallest absolute Gasteiger partial charge is 0.271 e. The Morgan fingerprint density at radius 3 is 1.53 bits per heavy atom.